The van der Waals surface area contributed by atoms with E-state index in [9.17, 15) is 13.2 Å². The molecule has 0 amide bonds. The lowest BCUT2D eigenvalue weighted by atomic mass is 10.5. The third-order valence-electron chi connectivity index (χ3n) is 1.25. The van der Waals surface area contributed by atoms with Crippen molar-refractivity contribution in [3.8, 4) is 0 Å². The Morgan fingerprint density at radius 1 is 1.29 bits per heavy atom. The van der Waals surface area contributed by atoms with Crippen LogP contribution < -0.4 is 16.6 Å². The minimum absolute atomic E-state index is 0.0118. The van der Waals surface area contributed by atoms with Crippen LogP contribution in [-0.4, -0.2) is 22.7 Å². The van der Waals surface area contributed by atoms with Crippen LogP contribution in [0, 0.1) is 0 Å². The fourth-order valence-electron chi connectivity index (χ4n) is 0.711. The number of anilines is 2. The number of nitrogen functional groups attached to an aromatic ring is 1. The van der Waals surface area contributed by atoms with Crippen LogP contribution in [0.25, 0.3) is 0 Å². The number of halogens is 3. The van der Waals surface area contributed by atoms with Crippen LogP contribution in [0.2, 0.25) is 0 Å². The first kappa shape index (κ1) is 10.5. The molecule has 0 bridgehead atoms. The molecule has 0 aliphatic heterocycles. The van der Waals surface area contributed by atoms with Gasteiger partial charge in [-0.2, -0.15) is 13.2 Å². The molecule has 0 unspecified atom stereocenters. The van der Waals surface area contributed by atoms with Crippen molar-refractivity contribution in [2.75, 3.05) is 17.3 Å². The molecule has 1 heterocycles. The van der Waals surface area contributed by atoms with Gasteiger partial charge in [-0.1, -0.05) is 0 Å². The molecule has 0 aliphatic carbocycles. The summed E-state index contributed by atoms with van der Waals surface area (Å²) in [5.74, 6) is 5.20. The van der Waals surface area contributed by atoms with E-state index in [1.807, 2.05) is 0 Å². The van der Waals surface area contributed by atoms with Crippen molar-refractivity contribution in [3.63, 3.8) is 0 Å². The standard InChI is InChI=1S/C6H8F3N5/c7-6(8,9)3-12-4-1-11-2-5(13-4)14-10/h1-2H,3,10H2,(H2,12,13,14). The lowest BCUT2D eigenvalue weighted by Gasteiger charge is -2.08. The van der Waals surface area contributed by atoms with Crippen molar-refractivity contribution in [1.82, 2.24) is 9.97 Å². The average molecular weight is 207 g/mol. The van der Waals surface area contributed by atoms with Crippen LogP contribution in [0.4, 0.5) is 24.8 Å². The van der Waals surface area contributed by atoms with Crippen LogP contribution >= 0.6 is 0 Å². The third-order valence-corrected chi connectivity index (χ3v) is 1.25. The summed E-state index contributed by atoms with van der Waals surface area (Å²) in [5, 5.41) is 2.07. The van der Waals surface area contributed by atoms with Crippen molar-refractivity contribution in [1.29, 1.82) is 0 Å². The van der Waals surface area contributed by atoms with Crippen molar-refractivity contribution in [2.45, 2.75) is 6.18 Å². The Bertz CT molecular complexity index is 300. The highest BCUT2D eigenvalue weighted by Gasteiger charge is 2.26. The summed E-state index contributed by atoms with van der Waals surface area (Å²) in [6.07, 6.45) is -1.82. The van der Waals surface area contributed by atoms with E-state index in [2.05, 4.69) is 20.7 Å². The highest BCUT2D eigenvalue weighted by molar-refractivity contribution is 5.40. The van der Waals surface area contributed by atoms with E-state index in [0.29, 0.717) is 0 Å². The van der Waals surface area contributed by atoms with E-state index < -0.39 is 12.7 Å². The van der Waals surface area contributed by atoms with Crippen molar-refractivity contribution >= 4 is 11.6 Å². The molecule has 0 aliphatic rings. The van der Waals surface area contributed by atoms with Crippen molar-refractivity contribution in [3.05, 3.63) is 12.4 Å². The van der Waals surface area contributed by atoms with Gasteiger partial charge in [0.2, 0.25) is 0 Å². The van der Waals surface area contributed by atoms with Gasteiger partial charge in [-0.25, -0.2) is 10.8 Å². The zero-order valence-electron chi connectivity index (χ0n) is 6.97. The van der Waals surface area contributed by atoms with E-state index in [1.165, 1.54) is 12.4 Å². The Morgan fingerprint density at radius 3 is 2.50 bits per heavy atom. The van der Waals surface area contributed by atoms with Gasteiger partial charge in [-0.05, 0) is 0 Å². The van der Waals surface area contributed by atoms with Crippen LogP contribution in [0.1, 0.15) is 0 Å². The van der Waals surface area contributed by atoms with Crippen molar-refractivity contribution in [2.24, 2.45) is 5.84 Å². The first-order valence-electron chi connectivity index (χ1n) is 3.60. The molecule has 0 fully saturated rings. The van der Waals surface area contributed by atoms with E-state index in [4.69, 9.17) is 5.84 Å². The van der Waals surface area contributed by atoms with Gasteiger partial charge >= 0.3 is 6.18 Å². The van der Waals surface area contributed by atoms with Crippen LogP contribution in [-0.2, 0) is 0 Å². The molecule has 0 spiro atoms. The smallest absolute Gasteiger partial charge is 0.360 e. The summed E-state index contributed by atoms with van der Waals surface area (Å²) < 4.78 is 35.3. The van der Waals surface area contributed by atoms with Gasteiger partial charge < -0.3 is 10.7 Å². The van der Waals surface area contributed by atoms with Crippen LogP contribution in [0.3, 0.4) is 0 Å². The molecule has 0 aromatic carbocycles. The monoisotopic (exact) mass is 207 g/mol. The van der Waals surface area contributed by atoms with E-state index >= 15 is 0 Å². The summed E-state index contributed by atoms with van der Waals surface area (Å²) in [5.41, 5.74) is 2.17. The maximum absolute atomic E-state index is 11.8. The first-order valence-corrected chi connectivity index (χ1v) is 3.60. The SMILES string of the molecule is NNc1cncc(NCC(F)(F)F)n1. The predicted octanol–water partition coefficient (Wildman–Crippen LogP) is 0.736. The maximum Gasteiger partial charge on any atom is 0.405 e. The number of hydrogen-bond donors (Lipinski definition) is 3. The molecule has 14 heavy (non-hydrogen) atoms. The maximum atomic E-state index is 11.8. The Morgan fingerprint density at radius 2 is 1.93 bits per heavy atom. The molecule has 4 N–H and O–H groups in total. The highest BCUT2D eigenvalue weighted by atomic mass is 19.4. The molecule has 5 nitrogen and oxygen atoms in total. The molecule has 8 heteroatoms. The number of aromatic nitrogens is 2. The van der Waals surface area contributed by atoms with Crippen LogP contribution in [0.5, 0.6) is 0 Å². The number of rotatable bonds is 3. The van der Waals surface area contributed by atoms with Gasteiger partial charge in [0.25, 0.3) is 0 Å². The average Bonchev–Trinajstić information content (AvgIpc) is 2.14. The van der Waals surface area contributed by atoms with Gasteiger partial charge in [-0.15, -0.1) is 0 Å². The molecule has 0 atom stereocenters. The number of nitrogens with zero attached hydrogens (tertiary/aromatic N) is 2. The minimum atomic E-state index is -4.28. The van der Waals surface area contributed by atoms with E-state index in [0.717, 1.165) is 0 Å². The molecule has 0 saturated carbocycles. The fraction of sp³-hybridized carbons (Fsp3) is 0.333. The Hall–Kier alpha value is -1.57. The summed E-state index contributed by atoms with van der Waals surface area (Å²) in [6.45, 7) is -1.16. The zero-order valence-corrected chi connectivity index (χ0v) is 6.97. The summed E-state index contributed by atoms with van der Waals surface area (Å²) in [6, 6.07) is 0. The Balaban J connectivity index is 2.59. The van der Waals surface area contributed by atoms with E-state index in [1.54, 1.807) is 0 Å². The van der Waals surface area contributed by atoms with Crippen molar-refractivity contribution < 1.29 is 13.2 Å². The van der Waals surface area contributed by atoms with Gasteiger partial charge in [-0.3, -0.25) is 4.98 Å². The van der Waals surface area contributed by atoms with E-state index in [-0.39, 0.29) is 11.6 Å². The molecule has 0 saturated heterocycles. The highest BCUT2D eigenvalue weighted by Crippen LogP contribution is 2.15. The molecule has 1 aromatic rings. The second-order valence-corrected chi connectivity index (χ2v) is 2.40. The fourth-order valence-corrected chi connectivity index (χ4v) is 0.711. The quantitative estimate of drug-likeness (QED) is 0.503. The van der Waals surface area contributed by atoms with Crippen LogP contribution in [0.15, 0.2) is 12.4 Å². The summed E-state index contributed by atoms with van der Waals surface area (Å²) in [4.78, 5) is 7.31. The Labute approximate surface area is 77.5 Å². The topological polar surface area (TPSA) is 75.9 Å². The lowest BCUT2D eigenvalue weighted by Crippen LogP contribution is -2.22. The molecule has 78 valence electrons. The zero-order chi connectivity index (χ0) is 10.6. The molecule has 1 rings (SSSR count). The minimum Gasteiger partial charge on any atom is -0.360 e. The Kier molecular flexibility index (Phi) is 3.07. The number of nitrogens with two attached hydrogens (primary N) is 1. The predicted molar refractivity (Wildman–Crippen MR) is 44.4 cm³/mol. The summed E-state index contributed by atoms with van der Waals surface area (Å²) in [7, 11) is 0. The molecule has 1 aromatic heterocycles. The van der Waals surface area contributed by atoms with Gasteiger partial charge in [0.15, 0.2) is 5.82 Å². The first-order chi connectivity index (χ1) is 6.51. The molecule has 0 radical (unpaired) electrons. The third kappa shape index (κ3) is 3.44. The summed E-state index contributed by atoms with van der Waals surface area (Å²) >= 11 is 0. The number of hydrogen-bond acceptors (Lipinski definition) is 5. The number of hydrazine groups is 1. The number of nitrogens with one attached hydrogen (secondary N) is 2. The normalized spacial score (nSPS) is 11.1. The van der Waals surface area contributed by atoms with Gasteiger partial charge in [0.05, 0.1) is 12.4 Å². The number of alkyl halides is 3. The second kappa shape index (κ2) is 4.09. The second-order valence-electron chi connectivity index (χ2n) is 2.40. The lowest BCUT2D eigenvalue weighted by molar-refractivity contribution is -0.115. The van der Waals surface area contributed by atoms with Gasteiger partial charge in [0.1, 0.15) is 12.4 Å². The van der Waals surface area contributed by atoms with Gasteiger partial charge in [0, 0.05) is 0 Å². The largest absolute Gasteiger partial charge is 0.405 e. The molecular weight excluding hydrogens is 199 g/mol. The molecular formula is C6H8F3N5.